The van der Waals surface area contributed by atoms with Crippen LogP contribution in [0.4, 0.5) is 0 Å². The minimum atomic E-state index is -0.379. The van der Waals surface area contributed by atoms with Crippen molar-refractivity contribution in [2.24, 2.45) is 0 Å². The first-order valence-corrected chi connectivity index (χ1v) is 8.52. The monoisotopic (exact) mass is 295 g/mol. The van der Waals surface area contributed by atoms with Crippen LogP contribution in [0.3, 0.4) is 0 Å². The molecule has 0 aromatic rings. The van der Waals surface area contributed by atoms with Crippen molar-refractivity contribution in [2.75, 3.05) is 26.2 Å². The first-order valence-electron chi connectivity index (χ1n) is 8.52. The molecule has 1 aliphatic rings. The van der Waals surface area contributed by atoms with E-state index >= 15 is 0 Å². The fourth-order valence-corrected chi connectivity index (χ4v) is 3.15. The van der Waals surface area contributed by atoms with Crippen LogP contribution in [-0.2, 0) is 4.74 Å². The van der Waals surface area contributed by atoms with Gasteiger partial charge in [0.1, 0.15) is 5.54 Å². The fourth-order valence-electron chi connectivity index (χ4n) is 3.15. The maximum atomic E-state index is 9.33. The van der Waals surface area contributed by atoms with E-state index in [4.69, 9.17) is 4.74 Å². The summed E-state index contributed by atoms with van der Waals surface area (Å²) < 4.78 is 5.68. The molecule has 122 valence electrons. The Labute approximate surface area is 130 Å². The van der Waals surface area contributed by atoms with Gasteiger partial charge in [-0.1, -0.05) is 0 Å². The van der Waals surface area contributed by atoms with E-state index in [2.05, 4.69) is 37.1 Å². The van der Waals surface area contributed by atoms with E-state index in [1.165, 1.54) is 19.3 Å². The maximum absolute atomic E-state index is 9.33. The zero-order valence-electron chi connectivity index (χ0n) is 14.3. The van der Waals surface area contributed by atoms with Crippen LogP contribution < -0.4 is 5.32 Å². The van der Waals surface area contributed by atoms with Crippen LogP contribution in [0.5, 0.6) is 0 Å². The summed E-state index contributed by atoms with van der Waals surface area (Å²) in [7, 11) is 0. The van der Waals surface area contributed by atoms with Crippen LogP contribution in [0.25, 0.3) is 0 Å². The van der Waals surface area contributed by atoms with Crippen molar-refractivity contribution in [3.63, 3.8) is 0 Å². The molecule has 1 atom stereocenters. The summed E-state index contributed by atoms with van der Waals surface area (Å²) in [6.45, 7) is 12.6. The van der Waals surface area contributed by atoms with Gasteiger partial charge in [-0.25, -0.2) is 0 Å². The molecular formula is C17H33N3O. The molecular weight excluding hydrogens is 262 g/mol. The number of nitriles is 1. The second-order valence-corrected chi connectivity index (χ2v) is 6.70. The van der Waals surface area contributed by atoms with E-state index < -0.39 is 0 Å². The quantitative estimate of drug-likeness (QED) is 0.664. The molecule has 1 unspecified atom stereocenters. The van der Waals surface area contributed by atoms with Crippen molar-refractivity contribution in [1.82, 2.24) is 10.2 Å². The number of hydrogen-bond donors (Lipinski definition) is 1. The van der Waals surface area contributed by atoms with E-state index in [0.717, 1.165) is 39.1 Å². The highest BCUT2D eigenvalue weighted by atomic mass is 16.5. The van der Waals surface area contributed by atoms with Crippen LogP contribution in [0.15, 0.2) is 0 Å². The molecule has 0 aliphatic carbocycles. The van der Waals surface area contributed by atoms with Crippen LogP contribution in [0.2, 0.25) is 0 Å². The molecule has 0 saturated carbocycles. The zero-order chi connectivity index (χ0) is 15.7. The average Bonchev–Trinajstić information content (AvgIpc) is 2.45. The molecule has 4 nitrogen and oxygen atoms in total. The largest absolute Gasteiger partial charge is 0.378 e. The Morgan fingerprint density at radius 3 is 2.52 bits per heavy atom. The molecule has 0 spiro atoms. The third-order valence-corrected chi connectivity index (χ3v) is 4.19. The summed E-state index contributed by atoms with van der Waals surface area (Å²) in [5.41, 5.74) is -0.379. The number of nitrogens with one attached hydrogen (secondary N) is 1. The molecule has 1 saturated heterocycles. The molecule has 1 N–H and O–H groups in total. The van der Waals surface area contributed by atoms with Gasteiger partial charge >= 0.3 is 0 Å². The smallest absolute Gasteiger partial charge is 0.104 e. The van der Waals surface area contributed by atoms with Crippen LogP contribution in [0, 0.1) is 11.3 Å². The Kier molecular flexibility index (Phi) is 8.24. The standard InChI is InChI=1S/C17H33N3O/c1-5-21-16-8-12-20(13-9-16)11-7-6-10-17(4,14-18)19-15(2)3/h15-16,19H,5-13H2,1-4H3. The topological polar surface area (TPSA) is 48.3 Å². The first kappa shape index (κ1) is 18.4. The van der Waals surface area contributed by atoms with Gasteiger partial charge in [-0.15, -0.1) is 0 Å². The number of hydrogen-bond acceptors (Lipinski definition) is 4. The molecule has 0 amide bonds. The minimum absolute atomic E-state index is 0.354. The van der Waals surface area contributed by atoms with Gasteiger partial charge in [0, 0.05) is 25.7 Å². The van der Waals surface area contributed by atoms with E-state index in [0.29, 0.717) is 12.1 Å². The van der Waals surface area contributed by atoms with E-state index in [-0.39, 0.29) is 5.54 Å². The predicted octanol–water partition coefficient (Wildman–Crippen LogP) is 2.94. The van der Waals surface area contributed by atoms with Crippen molar-refractivity contribution in [3.8, 4) is 6.07 Å². The lowest BCUT2D eigenvalue weighted by Crippen LogP contribution is -2.45. The van der Waals surface area contributed by atoms with Crippen LogP contribution >= 0.6 is 0 Å². The predicted molar refractivity (Wildman–Crippen MR) is 87.2 cm³/mol. The van der Waals surface area contributed by atoms with Gasteiger partial charge < -0.3 is 9.64 Å². The SMILES string of the molecule is CCOC1CCN(CCCCC(C)(C#N)NC(C)C)CC1. The Balaban J connectivity index is 2.16. The second-order valence-electron chi connectivity index (χ2n) is 6.70. The number of rotatable bonds is 9. The van der Waals surface area contributed by atoms with E-state index in [1.807, 2.05) is 6.92 Å². The molecule has 1 heterocycles. The third kappa shape index (κ3) is 7.26. The lowest BCUT2D eigenvalue weighted by Gasteiger charge is -2.32. The van der Waals surface area contributed by atoms with E-state index in [9.17, 15) is 5.26 Å². The van der Waals surface area contributed by atoms with Gasteiger partial charge in [0.2, 0.25) is 0 Å². The Hall–Kier alpha value is -0.630. The van der Waals surface area contributed by atoms with Gasteiger partial charge in [0.25, 0.3) is 0 Å². The summed E-state index contributed by atoms with van der Waals surface area (Å²) in [6, 6.07) is 2.78. The molecule has 0 aromatic heterocycles. The van der Waals surface area contributed by atoms with Crippen LogP contribution in [0.1, 0.15) is 59.8 Å². The van der Waals surface area contributed by atoms with E-state index in [1.54, 1.807) is 0 Å². The number of ether oxygens (including phenoxy) is 1. The molecule has 0 aromatic carbocycles. The van der Waals surface area contributed by atoms with Crippen molar-refractivity contribution in [1.29, 1.82) is 5.26 Å². The molecule has 4 heteroatoms. The Morgan fingerprint density at radius 1 is 1.33 bits per heavy atom. The third-order valence-electron chi connectivity index (χ3n) is 4.19. The summed E-state index contributed by atoms with van der Waals surface area (Å²) in [5, 5.41) is 12.7. The molecule has 21 heavy (non-hydrogen) atoms. The molecule has 1 rings (SSSR count). The molecule has 0 bridgehead atoms. The number of unbranched alkanes of at least 4 members (excludes halogenated alkanes) is 1. The van der Waals surface area contributed by atoms with Gasteiger partial charge in [-0.2, -0.15) is 5.26 Å². The Morgan fingerprint density at radius 2 is 2.00 bits per heavy atom. The lowest BCUT2D eigenvalue weighted by atomic mass is 9.95. The second kappa shape index (κ2) is 9.40. The summed E-state index contributed by atoms with van der Waals surface area (Å²) >= 11 is 0. The Bertz CT molecular complexity index is 318. The summed E-state index contributed by atoms with van der Waals surface area (Å²) in [5.74, 6) is 0. The zero-order valence-corrected chi connectivity index (χ0v) is 14.3. The summed E-state index contributed by atoms with van der Waals surface area (Å²) in [4.78, 5) is 2.54. The maximum Gasteiger partial charge on any atom is 0.104 e. The van der Waals surface area contributed by atoms with Gasteiger partial charge in [-0.3, -0.25) is 5.32 Å². The highest BCUT2D eigenvalue weighted by Crippen LogP contribution is 2.17. The fraction of sp³-hybridized carbons (Fsp3) is 0.941. The van der Waals surface area contributed by atoms with Crippen molar-refractivity contribution in [3.05, 3.63) is 0 Å². The van der Waals surface area contributed by atoms with Crippen molar-refractivity contribution in [2.45, 2.75) is 77.5 Å². The highest BCUT2D eigenvalue weighted by Gasteiger charge is 2.24. The first-order chi connectivity index (χ1) is 9.99. The van der Waals surface area contributed by atoms with Gasteiger partial charge in [0.05, 0.1) is 12.2 Å². The van der Waals surface area contributed by atoms with Gasteiger partial charge in [0.15, 0.2) is 0 Å². The number of likely N-dealkylation sites (tertiary alicyclic amines) is 1. The molecule has 0 radical (unpaired) electrons. The van der Waals surface area contributed by atoms with Gasteiger partial charge in [-0.05, 0) is 66.3 Å². The molecule has 1 aliphatic heterocycles. The lowest BCUT2D eigenvalue weighted by molar-refractivity contribution is 0.0139. The van der Waals surface area contributed by atoms with Crippen molar-refractivity contribution < 1.29 is 4.74 Å². The number of nitrogens with zero attached hydrogens (tertiary/aromatic N) is 2. The minimum Gasteiger partial charge on any atom is -0.378 e. The van der Waals surface area contributed by atoms with Crippen molar-refractivity contribution >= 4 is 0 Å². The normalized spacial score (nSPS) is 20.4. The van der Waals surface area contributed by atoms with Crippen LogP contribution in [-0.4, -0.2) is 48.8 Å². The highest BCUT2D eigenvalue weighted by molar-refractivity contribution is 5.04. The average molecular weight is 295 g/mol. The number of piperidine rings is 1. The molecule has 1 fully saturated rings. The summed E-state index contributed by atoms with van der Waals surface area (Å²) in [6.07, 6.45) is 6.02.